The van der Waals surface area contributed by atoms with Crippen LogP contribution in [0.2, 0.25) is 0 Å². The predicted octanol–water partition coefficient (Wildman–Crippen LogP) is 1.80. The normalized spacial score (nSPS) is 14.3. The molecule has 3 N–H and O–H groups in total. The van der Waals surface area contributed by atoms with Crippen LogP contribution in [0.25, 0.3) is 11.3 Å². The molecule has 1 fully saturated rings. The van der Waals surface area contributed by atoms with Crippen LogP contribution < -0.4 is 5.73 Å². The van der Waals surface area contributed by atoms with Crippen molar-refractivity contribution in [3.63, 3.8) is 0 Å². The van der Waals surface area contributed by atoms with Crippen LogP contribution in [-0.4, -0.2) is 34.9 Å². The summed E-state index contributed by atoms with van der Waals surface area (Å²) in [6.07, 6.45) is 3.49. The number of benzene rings is 1. The van der Waals surface area contributed by atoms with Gasteiger partial charge in [-0.25, -0.2) is 0 Å². The molecule has 0 unspecified atom stereocenters. The van der Waals surface area contributed by atoms with Gasteiger partial charge in [0.15, 0.2) is 5.76 Å². The summed E-state index contributed by atoms with van der Waals surface area (Å²) in [5, 5.41) is 12.1. The van der Waals surface area contributed by atoms with Crippen LogP contribution in [0, 0.1) is 11.8 Å². The Labute approximate surface area is 128 Å². The summed E-state index contributed by atoms with van der Waals surface area (Å²) < 4.78 is 5.03. The molecule has 0 bridgehead atoms. The van der Waals surface area contributed by atoms with Gasteiger partial charge in [0.1, 0.15) is 18.0 Å². The Kier molecular flexibility index (Phi) is 3.91. The average Bonchev–Trinajstić information content (AvgIpc) is 3.17. The van der Waals surface area contributed by atoms with E-state index in [0.29, 0.717) is 17.3 Å². The molecule has 6 heteroatoms. The third-order valence-corrected chi connectivity index (χ3v) is 3.69. The second kappa shape index (κ2) is 6.01. The number of primary amides is 1. The standard InChI is InChI=1S/C16H17N4O2/c17-15(21)10-13-9-14(19-22-13)11-3-5-12(6-4-11)16(18)20-7-1-2-8-20/h3-6,9-10,18H,1-2,7-8H2,(H2,17,21). The van der Waals surface area contributed by atoms with Crippen molar-refractivity contribution >= 4 is 11.7 Å². The van der Waals surface area contributed by atoms with Crippen molar-refractivity contribution < 1.29 is 9.32 Å². The van der Waals surface area contributed by atoms with E-state index in [9.17, 15) is 4.79 Å². The number of amides is 1. The van der Waals surface area contributed by atoms with Crippen molar-refractivity contribution in [1.82, 2.24) is 10.1 Å². The largest absolute Gasteiger partial charge is 0.369 e. The lowest BCUT2D eigenvalue weighted by Gasteiger charge is -2.18. The van der Waals surface area contributed by atoms with E-state index in [2.05, 4.69) is 10.1 Å². The molecule has 2 aromatic rings. The number of rotatable bonds is 4. The quantitative estimate of drug-likeness (QED) is 0.664. The second-order valence-corrected chi connectivity index (χ2v) is 5.28. The van der Waals surface area contributed by atoms with E-state index >= 15 is 0 Å². The van der Waals surface area contributed by atoms with Crippen molar-refractivity contribution in [2.24, 2.45) is 5.73 Å². The summed E-state index contributed by atoms with van der Waals surface area (Å²) in [6, 6.07) is 9.26. The van der Waals surface area contributed by atoms with E-state index < -0.39 is 5.91 Å². The maximum absolute atomic E-state index is 10.8. The van der Waals surface area contributed by atoms with Gasteiger partial charge in [-0.1, -0.05) is 29.4 Å². The molecule has 0 aliphatic carbocycles. The molecular weight excluding hydrogens is 280 g/mol. The Morgan fingerprint density at radius 2 is 1.95 bits per heavy atom. The highest BCUT2D eigenvalue weighted by Crippen LogP contribution is 2.21. The van der Waals surface area contributed by atoms with Crippen LogP contribution in [0.1, 0.15) is 24.2 Å². The molecule has 1 aromatic heterocycles. The Bertz CT molecular complexity index is 684. The molecule has 1 radical (unpaired) electrons. The SMILES string of the molecule is N=C(c1ccc(-c2cc([CH]C(N)=O)on2)cc1)N1CCCC1. The van der Waals surface area contributed by atoms with Gasteiger partial charge in [-0.2, -0.15) is 0 Å². The number of carbonyl (C=O) groups is 1. The highest BCUT2D eigenvalue weighted by atomic mass is 16.5. The number of hydrogen-bond donors (Lipinski definition) is 2. The number of amidine groups is 1. The minimum absolute atomic E-state index is 0.330. The number of aromatic nitrogens is 1. The van der Waals surface area contributed by atoms with Gasteiger partial charge in [-0.3, -0.25) is 10.2 Å². The summed E-state index contributed by atoms with van der Waals surface area (Å²) >= 11 is 0. The number of carbonyl (C=O) groups excluding carboxylic acids is 1. The molecule has 6 nitrogen and oxygen atoms in total. The minimum atomic E-state index is -0.572. The first kappa shape index (κ1) is 14.3. The number of nitrogens with zero attached hydrogens (tertiary/aromatic N) is 2. The molecule has 1 saturated heterocycles. The molecule has 0 atom stereocenters. The van der Waals surface area contributed by atoms with Gasteiger partial charge in [0.2, 0.25) is 5.91 Å². The molecule has 1 aliphatic rings. The molecule has 1 amide bonds. The summed E-state index contributed by atoms with van der Waals surface area (Å²) in [4.78, 5) is 12.9. The zero-order valence-electron chi connectivity index (χ0n) is 12.1. The number of nitrogens with two attached hydrogens (primary N) is 1. The van der Waals surface area contributed by atoms with E-state index in [4.69, 9.17) is 15.7 Å². The monoisotopic (exact) mass is 297 g/mol. The first-order valence-corrected chi connectivity index (χ1v) is 7.19. The highest BCUT2D eigenvalue weighted by Gasteiger charge is 2.16. The first-order valence-electron chi connectivity index (χ1n) is 7.19. The number of nitrogens with one attached hydrogen (secondary N) is 1. The van der Waals surface area contributed by atoms with E-state index in [-0.39, 0.29) is 0 Å². The molecule has 3 rings (SSSR count). The molecule has 2 heterocycles. The summed E-state index contributed by atoms with van der Waals surface area (Å²) in [7, 11) is 0. The van der Waals surface area contributed by atoms with Gasteiger partial charge in [0.25, 0.3) is 0 Å². The van der Waals surface area contributed by atoms with Crippen molar-refractivity contribution in [1.29, 1.82) is 5.41 Å². The maximum atomic E-state index is 10.8. The van der Waals surface area contributed by atoms with Gasteiger partial charge in [-0.05, 0) is 12.8 Å². The van der Waals surface area contributed by atoms with Gasteiger partial charge >= 0.3 is 0 Å². The van der Waals surface area contributed by atoms with Crippen molar-refractivity contribution in [3.05, 3.63) is 48.1 Å². The smallest absolute Gasteiger partial charge is 0.229 e. The second-order valence-electron chi connectivity index (χ2n) is 5.28. The lowest BCUT2D eigenvalue weighted by atomic mass is 10.1. The minimum Gasteiger partial charge on any atom is -0.369 e. The maximum Gasteiger partial charge on any atom is 0.229 e. The number of likely N-dealkylation sites (tertiary alicyclic amines) is 1. The van der Waals surface area contributed by atoms with Gasteiger partial charge in [0.05, 0.1) is 0 Å². The van der Waals surface area contributed by atoms with Crippen molar-refractivity contribution in [2.75, 3.05) is 13.1 Å². The summed E-state index contributed by atoms with van der Waals surface area (Å²) in [6.45, 7) is 1.91. The van der Waals surface area contributed by atoms with E-state index in [0.717, 1.165) is 37.1 Å². The van der Waals surface area contributed by atoms with Gasteiger partial charge in [0, 0.05) is 30.3 Å². The number of hydrogen-bond acceptors (Lipinski definition) is 4. The zero-order chi connectivity index (χ0) is 15.5. The van der Waals surface area contributed by atoms with Crippen molar-refractivity contribution in [2.45, 2.75) is 12.8 Å². The van der Waals surface area contributed by atoms with E-state index in [1.165, 1.54) is 6.42 Å². The lowest BCUT2D eigenvalue weighted by molar-refractivity contribution is -0.114. The Balaban J connectivity index is 1.74. The Morgan fingerprint density at radius 3 is 2.59 bits per heavy atom. The Morgan fingerprint density at radius 1 is 1.27 bits per heavy atom. The molecular formula is C16H17N4O2. The molecule has 22 heavy (non-hydrogen) atoms. The van der Waals surface area contributed by atoms with Crippen molar-refractivity contribution in [3.8, 4) is 11.3 Å². The Hall–Kier alpha value is -2.63. The third kappa shape index (κ3) is 3.00. The molecule has 1 aliphatic heterocycles. The van der Waals surface area contributed by atoms with Crippen LogP contribution in [0.3, 0.4) is 0 Å². The lowest BCUT2D eigenvalue weighted by Crippen LogP contribution is -2.27. The van der Waals surface area contributed by atoms with E-state index in [1.807, 2.05) is 24.3 Å². The fraction of sp³-hybridized carbons (Fsp3) is 0.250. The van der Waals surface area contributed by atoms with Crippen LogP contribution >= 0.6 is 0 Å². The zero-order valence-corrected chi connectivity index (χ0v) is 12.1. The van der Waals surface area contributed by atoms with Crippen LogP contribution in [0.5, 0.6) is 0 Å². The average molecular weight is 297 g/mol. The fourth-order valence-electron chi connectivity index (χ4n) is 2.56. The predicted molar refractivity (Wildman–Crippen MR) is 82.2 cm³/mol. The van der Waals surface area contributed by atoms with Gasteiger partial charge < -0.3 is 15.2 Å². The highest BCUT2D eigenvalue weighted by molar-refractivity contribution is 5.96. The van der Waals surface area contributed by atoms with Crippen LogP contribution in [0.15, 0.2) is 34.9 Å². The summed E-state index contributed by atoms with van der Waals surface area (Å²) in [5.74, 6) is 0.320. The van der Waals surface area contributed by atoms with Crippen LogP contribution in [0.4, 0.5) is 0 Å². The molecule has 113 valence electrons. The molecule has 1 aromatic carbocycles. The molecule has 0 saturated carbocycles. The molecule has 0 spiro atoms. The van der Waals surface area contributed by atoms with Crippen LogP contribution in [-0.2, 0) is 4.79 Å². The fourth-order valence-corrected chi connectivity index (χ4v) is 2.56. The third-order valence-electron chi connectivity index (χ3n) is 3.69. The van der Waals surface area contributed by atoms with E-state index in [1.54, 1.807) is 6.07 Å². The first-order chi connectivity index (χ1) is 10.6. The topological polar surface area (TPSA) is 96.2 Å². The van der Waals surface area contributed by atoms with Gasteiger partial charge in [-0.15, -0.1) is 0 Å². The summed E-state index contributed by atoms with van der Waals surface area (Å²) in [5.41, 5.74) is 7.46.